The van der Waals surface area contributed by atoms with Crippen LogP contribution in [0.15, 0.2) is 42.9 Å². The van der Waals surface area contributed by atoms with E-state index in [9.17, 15) is 5.11 Å². The van der Waals surface area contributed by atoms with Crippen molar-refractivity contribution in [1.82, 2.24) is 9.97 Å². The molecule has 2 heterocycles. The van der Waals surface area contributed by atoms with Gasteiger partial charge in [-0.2, -0.15) is 0 Å². The van der Waals surface area contributed by atoms with Gasteiger partial charge in [0.05, 0.1) is 12.3 Å². The molecule has 1 saturated heterocycles. The Labute approximate surface area is 125 Å². The molecule has 4 nitrogen and oxygen atoms in total. The quantitative estimate of drug-likeness (QED) is 0.938. The summed E-state index contributed by atoms with van der Waals surface area (Å²) in [6, 6.07) is 8.60. The van der Waals surface area contributed by atoms with Gasteiger partial charge in [0.1, 0.15) is 5.82 Å². The van der Waals surface area contributed by atoms with Crippen LogP contribution in [0.2, 0.25) is 0 Å². The van der Waals surface area contributed by atoms with Crippen LogP contribution in [0.5, 0.6) is 0 Å². The number of rotatable bonds is 3. The van der Waals surface area contributed by atoms with E-state index in [4.69, 9.17) is 0 Å². The number of hydrogen-bond donors (Lipinski definition) is 1. The van der Waals surface area contributed by atoms with E-state index in [1.54, 1.807) is 18.6 Å². The molecule has 1 aromatic heterocycles. The Morgan fingerprint density at radius 2 is 2.05 bits per heavy atom. The lowest BCUT2D eigenvalue weighted by Gasteiger charge is -2.36. The van der Waals surface area contributed by atoms with Crippen molar-refractivity contribution < 1.29 is 5.11 Å². The molecule has 0 bridgehead atoms. The highest BCUT2D eigenvalue weighted by Crippen LogP contribution is 2.24. The fourth-order valence-electron chi connectivity index (χ4n) is 2.91. The van der Waals surface area contributed by atoms with Crippen LogP contribution in [-0.2, 0) is 6.42 Å². The van der Waals surface area contributed by atoms with Gasteiger partial charge in [-0.1, -0.05) is 29.8 Å². The van der Waals surface area contributed by atoms with Crippen molar-refractivity contribution in [2.45, 2.75) is 25.9 Å². The van der Waals surface area contributed by atoms with Crippen molar-refractivity contribution in [3.8, 4) is 0 Å². The first-order valence-corrected chi connectivity index (χ1v) is 7.47. The molecule has 1 aliphatic rings. The first-order chi connectivity index (χ1) is 10.2. The predicted molar refractivity (Wildman–Crippen MR) is 83.2 cm³/mol. The number of β-amino-alcohol motifs (C(OH)–C–C–N with tert-alkyl or cyclic N) is 1. The highest BCUT2D eigenvalue weighted by Gasteiger charge is 2.28. The summed E-state index contributed by atoms with van der Waals surface area (Å²) in [6.07, 6.45) is 6.72. The van der Waals surface area contributed by atoms with Gasteiger partial charge in [0.25, 0.3) is 0 Å². The summed E-state index contributed by atoms with van der Waals surface area (Å²) in [4.78, 5) is 10.5. The Morgan fingerprint density at radius 3 is 2.71 bits per heavy atom. The summed E-state index contributed by atoms with van der Waals surface area (Å²) < 4.78 is 0. The molecule has 2 aromatic rings. The van der Waals surface area contributed by atoms with Gasteiger partial charge in [0, 0.05) is 25.5 Å². The minimum absolute atomic E-state index is 0.318. The second-order valence-corrected chi connectivity index (χ2v) is 5.82. The molecule has 21 heavy (non-hydrogen) atoms. The summed E-state index contributed by atoms with van der Waals surface area (Å²) >= 11 is 0. The minimum Gasteiger partial charge on any atom is -0.391 e. The summed E-state index contributed by atoms with van der Waals surface area (Å²) in [7, 11) is 0. The van der Waals surface area contributed by atoms with Crippen LogP contribution in [0, 0.1) is 12.8 Å². The van der Waals surface area contributed by atoms with E-state index in [2.05, 4.69) is 46.1 Å². The van der Waals surface area contributed by atoms with Crippen LogP contribution in [0.1, 0.15) is 17.5 Å². The lowest BCUT2D eigenvalue weighted by atomic mass is 9.87. The number of piperidine rings is 1. The molecule has 0 radical (unpaired) electrons. The zero-order chi connectivity index (χ0) is 14.7. The van der Waals surface area contributed by atoms with Crippen LogP contribution in [-0.4, -0.2) is 34.3 Å². The molecule has 0 unspecified atom stereocenters. The Morgan fingerprint density at radius 1 is 1.24 bits per heavy atom. The maximum atomic E-state index is 10.4. The van der Waals surface area contributed by atoms with Gasteiger partial charge in [-0.3, -0.25) is 4.98 Å². The topological polar surface area (TPSA) is 49.2 Å². The zero-order valence-electron chi connectivity index (χ0n) is 12.3. The van der Waals surface area contributed by atoms with Crippen LogP contribution < -0.4 is 4.90 Å². The van der Waals surface area contributed by atoms with E-state index in [1.807, 2.05) is 0 Å². The molecule has 1 N–H and O–H groups in total. The van der Waals surface area contributed by atoms with Crippen molar-refractivity contribution in [3.05, 3.63) is 54.0 Å². The number of benzene rings is 1. The summed E-state index contributed by atoms with van der Waals surface area (Å²) in [5.41, 5.74) is 2.58. The number of aryl methyl sites for hydroxylation is 1. The van der Waals surface area contributed by atoms with Gasteiger partial charge in [-0.05, 0) is 31.2 Å². The van der Waals surface area contributed by atoms with E-state index in [-0.39, 0.29) is 6.10 Å². The molecule has 4 heteroatoms. The highest BCUT2D eigenvalue weighted by molar-refractivity contribution is 5.36. The Kier molecular flexibility index (Phi) is 4.15. The molecular formula is C17H21N3O. The summed E-state index contributed by atoms with van der Waals surface area (Å²) in [5, 5.41) is 10.4. The van der Waals surface area contributed by atoms with Gasteiger partial charge < -0.3 is 10.0 Å². The number of aliphatic hydroxyl groups is 1. The molecule has 3 rings (SSSR count). The smallest absolute Gasteiger partial charge is 0.147 e. The Balaban J connectivity index is 1.62. The first kappa shape index (κ1) is 14.0. The maximum absolute atomic E-state index is 10.4. The largest absolute Gasteiger partial charge is 0.391 e. The highest BCUT2D eigenvalue weighted by atomic mass is 16.3. The molecule has 0 amide bonds. The van der Waals surface area contributed by atoms with E-state index in [0.717, 1.165) is 25.2 Å². The fourth-order valence-corrected chi connectivity index (χ4v) is 2.91. The lowest BCUT2D eigenvalue weighted by molar-refractivity contribution is 0.0927. The van der Waals surface area contributed by atoms with Crippen molar-refractivity contribution in [3.63, 3.8) is 0 Å². The molecule has 2 atom stereocenters. The number of anilines is 1. The van der Waals surface area contributed by atoms with Gasteiger partial charge in [-0.15, -0.1) is 0 Å². The van der Waals surface area contributed by atoms with Crippen LogP contribution >= 0.6 is 0 Å². The van der Waals surface area contributed by atoms with E-state index in [1.165, 1.54) is 11.1 Å². The van der Waals surface area contributed by atoms with Crippen molar-refractivity contribution in [2.24, 2.45) is 5.92 Å². The molecule has 110 valence electrons. The van der Waals surface area contributed by atoms with Gasteiger partial charge in [0.15, 0.2) is 0 Å². The fraction of sp³-hybridized carbons (Fsp3) is 0.412. The number of aliphatic hydroxyl groups excluding tert-OH is 1. The first-order valence-electron chi connectivity index (χ1n) is 7.47. The van der Waals surface area contributed by atoms with E-state index in [0.29, 0.717) is 12.5 Å². The Bertz CT molecular complexity index is 570. The Hall–Kier alpha value is -1.94. The minimum atomic E-state index is -0.318. The standard InChI is InChI=1S/C17H21N3O/c1-13-2-4-14(5-3-13)10-15-6-9-20(12-16(15)21)17-11-18-7-8-19-17/h2-5,7-8,11,15-16,21H,6,9-10,12H2,1H3/t15-,16+/m1/s1. The molecule has 1 aromatic carbocycles. The van der Waals surface area contributed by atoms with E-state index < -0.39 is 0 Å². The number of aromatic nitrogens is 2. The second-order valence-electron chi connectivity index (χ2n) is 5.82. The molecule has 0 aliphatic carbocycles. The zero-order valence-corrected chi connectivity index (χ0v) is 12.3. The molecule has 0 spiro atoms. The SMILES string of the molecule is Cc1ccc(C[C@H]2CCN(c3cnccn3)C[C@@H]2O)cc1. The molecular weight excluding hydrogens is 262 g/mol. The maximum Gasteiger partial charge on any atom is 0.147 e. The second kappa shape index (κ2) is 6.22. The third-order valence-corrected chi connectivity index (χ3v) is 4.21. The van der Waals surface area contributed by atoms with Crippen molar-refractivity contribution in [1.29, 1.82) is 0 Å². The predicted octanol–water partition coefficient (Wildman–Crippen LogP) is 2.21. The lowest BCUT2D eigenvalue weighted by Crippen LogP contribution is -2.45. The third-order valence-electron chi connectivity index (χ3n) is 4.21. The summed E-state index contributed by atoms with van der Waals surface area (Å²) in [5.74, 6) is 1.17. The van der Waals surface area contributed by atoms with Crippen molar-refractivity contribution in [2.75, 3.05) is 18.0 Å². The average molecular weight is 283 g/mol. The van der Waals surface area contributed by atoms with Crippen molar-refractivity contribution >= 4 is 5.82 Å². The molecule has 1 aliphatic heterocycles. The van der Waals surface area contributed by atoms with E-state index >= 15 is 0 Å². The monoisotopic (exact) mass is 283 g/mol. The summed E-state index contributed by atoms with van der Waals surface area (Å²) in [6.45, 7) is 3.65. The number of hydrogen-bond acceptors (Lipinski definition) is 4. The molecule has 1 fully saturated rings. The normalized spacial score (nSPS) is 22.3. The average Bonchev–Trinajstić information content (AvgIpc) is 2.52. The molecule has 0 saturated carbocycles. The van der Waals surface area contributed by atoms with Crippen LogP contribution in [0.25, 0.3) is 0 Å². The number of nitrogens with zero attached hydrogens (tertiary/aromatic N) is 3. The van der Waals surface area contributed by atoms with Gasteiger partial charge in [0.2, 0.25) is 0 Å². The third kappa shape index (κ3) is 3.39. The van der Waals surface area contributed by atoms with Gasteiger partial charge in [-0.25, -0.2) is 4.98 Å². The van der Waals surface area contributed by atoms with Crippen LogP contribution in [0.4, 0.5) is 5.82 Å². The van der Waals surface area contributed by atoms with Crippen LogP contribution in [0.3, 0.4) is 0 Å². The van der Waals surface area contributed by atoms with Gasteiger partial charge >= 0.3 is 0 Å².